The van der Waals surface area contributed by atoms with E-state index in [0.29, 0.717) is 9.94 Å². The fourth-order valence-corrected chi connectivity index (χ4v) is 3.27. The standard InChI is InChI=1S/C12H14BBrFIO2/c1-11(2)12(3,4)18-13(17-11)8-5-7(16)6-9(14)10(8)15/h5-6H,1-4H3. The molecular formula is C12H14BBrFIO2. The van der Waals surface area contributed by atoms with Crippen molar-refractivity contribution >= 4 is 51.1 Å². The lowest BCUT2D eigenvalue weighted by Gasteiger charge is -2.32. The molecule has 0 bridgehead atoms. The van der Waals surface area contributed by atoms with Crippen LogP contribution in [-0.4, -0.2) is 18.3 Å². The summed E-state index contributed by atoms with van der Waals surface area (Å²) in [5.41, 5.74) is -0.483. The van der Waals surface area contributed by atoms with Gasteiger partial charge in [-0.1, -0.05) is 0 Å². The highest BCUT2D eigenvalue weighted by Gasteiger charge is 2.52. The van der Waals surface area contributed by atoms with Gasteiger partial charge in [0.25, 0.3) is 0 Å². The molecule has 1 aromatic rings. The molecule has 0 aliphatic carbocycles. The Morgan fingerprint density at radius 3 is 2.17 bits per heavy atom. The van der Waals surface area contributed by atoms with Crippen LogP contribution in [-0.2, 0) is 9.31 Å². The van der Waals surface area contributed by atoms with Gasteiger partial charge in [-0.3, -0.25) is 0 Å². The van der Waals surface area contributed by atoms with E-state index in [1.165, 1.54) is 0 Å². The lowest BCUT2D eigenvalue weighted by molar-refractivity contribution is 0.00578. The SMILES string of the molecule is CC1(C)OB(c2cc(I)cc(Br)c2F)OC1(C)C. The van der Waals surface area contributed by atoms with Crippen LogP contribution < -0.4 is 5.46 Å². The maximum Gasteiger partial charge on any atom is 0.497 e. The monoisotopic (exact) mass is 426 g/mol. The van der Waals surface area contributed by atoms with Crippen LogP contribution in [0.2, 0.25) is 0 Å². The van der Waals surface area contributed by atoms with Gasteiger partial charge in [0.05, 0.1) is 15.7 Å². The van der Waals surface area contributed by atoms with Crippen LogP contribution in [0, 0.1) is 9.39 Å². The van der Waals surface area contributed by atoms with Crippen LogP contribution in [0.3, 0.4) is 0 Å². The summed E-state index contributed by atoms with van der Waals surface area (Å²) in [6, 6.07) is 3.48. The molecule has 1 saturated heterocycles. The summed E-state index contributed by atoms with van der Waals surface area (Å²) >= 11 is 5.35. The lowest BCUT2D eigenvalue weighted by atomic mass is 9.79. The first-order valence-electron chi connectivity index (χ1n) is 5.64. The highest BCUT2D eigenvalue weighted by Crippen LogP contribution is 2.37. The van der Waals surface area contributed by atoms with Gasteiger partial charge in [0.1, 0.15) is 5.82 Å². The second-order valence-electron chi connectivity index (χ2n) is 5.38. The van der Waals surface area contributed by atoms with Crippen molar-refractivity contribution in [2.24, 2.45) is 0 Å². The predicted molar refractivity (Wildman–Crippen MR) is 82.5 cm³/mol. The second kappa shape index (κ2) is 4.72. The van der Waals surface area contributed by atoms with E-state index in [0.717, 1.165) is 3.57 Å². The zero-order valence-corrected chi connectivity index (χ0v) is 14.4. The quantitative estimate of drug-likeness (QED) is 0.389. The molecule has 6 heteroatoms. The number of hydrogen-bond donors (Lipinski definition) is 0. The Morgan fingerprint density at radius 1 is 1.17 bits per heavy atom. The minimum absolute atomic E-state index is 0.325. The normalized spacial score (nSPS) is 21.4. The van der Waals surface area contributed by atoms with E-state index < -0.39 is 18.3 Å². The van der Waals surface area contributed by atoms with E-state index in [1.807, 2.05) is 27.7 Å². The molecule has 0 N–H and O–H groups in total. The van der Waals surface area contributed by atoms with E-state index in [4.69, 9.17) is 9.31 Å². The molecule has 0 atom stereocenters. The van der Waals surface area contributed by atoms with Gasteiger partial charge in [0.15, 0.2) is 0 Å². The third-order valence-electron chi connectivity index (χ3n) is 3.53. The molecule has 2 rings (SSSR count). The summed E-state index contributed by atoms with van der Waals surface area (Å²) in [7, 11) is -0.666. The van der Waals surface area contributed by atoms with Crippen LogP contribution in [0.15, 0.2) is 16.6 Å². The van der Waals surface area contributed by atoms with Crippen molar-refractivity contribution in [1.82, 2.24) is 0 Å². The largest absolute Gasteiger partial charge is 0.497 e. The van der Waals surface area contributed by atoms with Gasteiger partial charge in [-0.2, -0.15) is 0 Å². The number of benzene rings is 1. The molecule has 1 aromatic carbocycles. The zero-order chi connectivity index (χ0) is 13.7. The minimum Gasteiger partial charge on any atom is -0.399 e. The third kappa shape index (κ3) is 2.49. The molecule has 2 nitrogen and oxygen atoms in total. The second-order valence-corrected chi connectivity index (χ2v) is 7.48. The molecule has 0 saturated carbocycles. The average Bonchev–Trinajstić information content (AvgIpc) is 2.42. The van der Waals surface area contributed by atoms with Gasteiger partial charge in [0, 0.05) is 9.03 Å². The van der Waals surface area contributed by atoms with Crippen LogP contribution >= 0.6 is 38.5 Å². The van der Waals surface area contributed by atoms with Crippen molar-refractivity contribution in [2.75, 3.05) is 0 Å². The maximum atomic E-state index is 14.1. The Bertz CT molecular complexity index is 477. The molecule has 0 radical (unpaired) electrons. The van der Waals surface area contributed by atoms with E-state index in [1.54, 1.807) is 12.1 Å². The highest BCUT2D eigenvalue weighted by atomic mass is 127. The Labute approximate surface area is 129 Å². The third-order valence-corrected chi connectivity index (χ3v) is 4.73. The van der Waals surface area contributed by atoms with Crippen molar-refractivity contribution in [1.29, 1.82) is 0 Å². The predicted octanol–water partition coefficient (Wildman–Crippen LogP) is 3.49. The van der Waals surface area contributed by atoms with Gasteiger partial charge in [-0.25, -0.2) is 4.39 Å². The van der Waals surface area contributed by atoms with Gasteiger partial charge in [-0.15, -0.1) is 0 Å². The highest BCUT2D eigenvalue weighted by molar-refractivity contribution is 14.1. The summed E-state index contributed by atoms with van der Waals surface area (Å²) < 4.78 is 27.2. The summed E-state index contributed by atoms with van der Waals surface area (Å²) in [4.78, 5) is 0. The summed E-state index contributed by atoms with van der Waals surface area (Å²) in [6.45, 7) is 7.81. The van der Waals surface area contributed by atoms with Crippen molar-refractivity contribution in [3.05, 3.63) is 26.0 Å². The van der Waals surface area contributed by atoms with Gasteiger partial charge in [0.2, 0.25) is 0 Å². The van der Waals surface area contributed by atoms with E-state index >= 15 is 0 Å². The van der Waals surface area contributed by atoms with Crippen molar-refractivity contribution in [3.8, 4) is 0 Å². The molecule has 0 spiro atoms. The van der Waals surface area contributed by atoms with Crippen LogP contribution in [0.1, 0.15) is 27.7 Å². The van der Waals surface area contributed by atoms with E-state index in [-0.39, 0.29) is 5.82 Å². The minimum atomic E-state index is -0.666. The fourth-order valence-electron chi connectivity index (χ4n) is 1.72. The first kappa shape index (κ1) is 14.7. The van der Waals surface area contributed by atoms with Gasteiger partial charge < -0.3 is 9.31 Å². The Morgan fingerprint density at radius 2 is 1.67 bits per heavy atom. The number of hydrogen-bond acceptors (Lipinski definition) is 2. The first-order chi connectivity index (χ1) is 8.14. The number of halogens is 3. The molecule has 1 heterocycles. The van der Waals surface area contributed by atoms with Crippen molar-refractivity contribution in [2.45, 2.75) is 38.9 Å². The smallest absolute Gasteiger partial charge is 0.399 e. The molecule has 0 amide bonds. The van der Waals surface area contributed by atoms with E-state index in [9.17, 15) is 4.39 Å². The molecule has 1 aliphatic heterocycles. The Balaban J connectivity index is 2.41. The molecule has 18 heavy (non-hydrogen) atoms. The Kier molecular flexibility index (Phi) is 3.86. The number of rotatable bonds is 1. The van der Waals surface area contributed by atoms with Crippen molar-refractivity contribution < 1.29 is 13.7 Å². The first-order valence-corrected chi connectivity index (χ1v) is 7.51. The Hall–Kier alpha value is 0.345. The molecule has 98 valence electrons. The lowest BCUT2D eigenvalue weighted by Crippen LogP contribution is -2.41. The topological polar surface area (TPSA) is 18.5 Å². The molecular weight excluding hydrogens is 413 g/mol. The molecule has 1 aliphatic rings. The van der Waals surface area contributed by atoms with Crippen LogP contribution in [0.5, 0.6) is 0 Å². The average molecular weight is 427 g/mol. The molecule has 1 fully saturated rings. The fraction of sp³-hybridized carbons (Fsp3) is 0.500. The maximum absolute atomic E-state index is 14.1. The summed E-state index contributed by atoms with van der Waals surface area (Å²) in [5.74, 6) is -0.325. The van der Waals surface area contributed by atoms with Crippen LogP contribution in [0.4, 0.5) is 4.39 Å². The van der Waals surface area contributed by atoms with Gasteiger partial charge in [-0.05, 0) is 78.3 Å². The van der Waals surface area contributed by atoms with E-state index in [2.05, 4.69) is 38.5 Å². The molecule has 0 aromatic heterocycles. The van der Waals surface area contributed by atoms with Crippen molar-refractivity contribution in [3.63, 3.8) is 0 Å². The zero-order valence-electron chi connectivity index (χ0n) is 10.7. The summed E-state index contributed by atoms with van der Waals surface area (Å²) in [6.07, 6.45) is 0. The van der Waals surface area contributed by atoms with Gasteiger partial charge >= 0.3 is 7.12 Å². The van der Waals surface area contributed by atoms with Crippen LogP contribution in [0.25, 0.3) is 0 Å². The summed E-state index contributed by atoms with van der Waals surface area (Å²) in [5, 5.41) is 0. The molecule has 0 unspecified atom stereocenters.